The van der Waals surface area contributed by atoms with Crippen LogP contribution in [0.15, 0.2) is 23.3 Å². The third-order valence-electron chi connectivity index (χ3n) is 2.42. The van der Waals surface area contributed by atoms with Crippen LogP contribution in [0.4, 0.5) is 0 Å². The Hall–Kier alpha value is -1.05. The van der Waals surface area contributed by atoms with Crippen LogP contribution in [0.25, 0.3) is 0 Å². The van der Waals surface area contributed by atoms with Crippen LogP contribution in [0.3, 0.4) is 0 Å². The molecule has 1 unspecified atom stereocenters. The smallest absolute Gasteiger partial charge is 0.220 e. The Kier molecular flexibility index (Phi) is 3.29. The molecule has 1 aliphatic rings. The molecule has 1 N–H and O–H groups in total. The summed E-state index contributed by atoms with van der Waals surface area (Å²) in [6.45, 7) is 6.05. The molecule has 0 bridgehead atoms. The Bertz CT molecular complexity index is 263. The van der Waals surface area contributed by atoms with Gasteiger partial charge in [-0.2, -0.15) is 0 Å². The summed E-state index contributed by atoms with van der Waals surface area (Å²) in [7, 11) is 0. The van der Waals surface area contributed by atoms with Crippen molar-refractivity contribution in [2.75, 3.05) is 0 Å². The fourth-order valence-corrected chi connectivity index (χ4v) is 1.38. The zero-order valence-electron chi connectivity index (χ0n) is 8.55. The van der Waals surface area contributed by atoms with Crippen molar-refractivity contribution >= 4 is 5.91 Å². The van der Waals surface area contributed by atoms with E-state index in [4.69, 9.17) is 0 Å². The first-order chi connectivity index (χ1) is 6.13. The van der Waals surface area contributed by atoms with Crippen LogP contribution < -0.4 is 5.32 Å². The van der Waals surface area contributed by atoms with E-state index >= 15 is 0 Å². The van der Waals surface area contributed by atoms with E-state index < -0.39 is 0 Å². The van der Waals surface area contributed by atoms with E-state index in [9.17, 15) is 4.79 Å². The summed E-state index contributed by atoms with van der Waals surface area (Å²) in [6, 6.07) is 0.205. The molecule has 72 valence electrons. The van der Waals surface area contributed by atoms with Gasteiger partial charge in [0.15, 0.2) is 0 Å². The fourth-order valence-electron chi connectivity index (χ4n) is 1.38. The van der Waals surface area contributed by atoms with Crippen molar-refractivity contribution < 1.29 is 4.79 Å². The molecule has 13 heavy (non-hydrogen) atoms. The number of hydrogen-bond donors (Lipinski definition) is 1. The minimum atomic E-state index is 0.127. The lowest BCUT2D eigenvalue weighted by atomic mass is 9.97. The molecule has 0 fully saturated rings. The first-order valence-corrected chi connectivity index (χ1v) is 4.78. The molecular weight excluding hydrogens is 162 g/mol. The molecule has 0 heterocycles. The highest BCUT2D eigenvalue weighted by Gasteiger charge is 2.11. The number of hydrogen-bond acceptors (Lipinski definition) is 1. The van der Waals surface area contributed by atoms with Crippen molar-refractivity contribution in [3.63, 3.8) is 0 Å². The van der Waals surface area contributed by atoms with E-state index in [1.54, 1.807) is 0 Å². The molecule has 0 aliphatic heterocycles. The van der Waals surface area contributed by atoms with Crippen molar-refractivity contribution in [1.29, 1.82) is 0 Å². The maximum Gasteiger partial charge on any atom is 0.220 e. The topological polar surface area (TPSA) is 29.1 Å². The van der Waals surface area contributed by atoms with Gasteiger partial charge in [-0.1, -0.05) is 30.2 Å². The van der Waals surface area contributed by atoms with E-state index in [0.29, 0.717) is 6.42 Å². The van der Waals surface area contributed by atoms with Crippen molar-refractivity contribution in [3.05, 3.63) is 23.3 Å². The summed E-state index contributed by atoms with van der Waals surface area (Å²) >= 11 is 0. The Morgan fingerprint density at radius 3 is 2.77 bits per heavy atom. The Labute approximate surface area is 79.7 Å². The molecule has 0 saturated carbocycles. The van der Waals surface area contributed by atoms with Crippen LogP contribution >= 0.6 is 0 Å². The average molecular weight is 179 g/mol. The SMILES string of the molecule is CCC(=O)NC1C=C(C)C(C)=CC1. The maximum atomic E-state index is 11.1. The molecule has 0 radical (unpaired) electrons. The summed E-state index contributed by atoms with van der Waals surface area (Å²) in [5, 5.41) is 2.96. The lowest BCUT2D eigenvalue weighted by Crippen LogP contribution is -2.33. The highest BCUT2D eigenvalue weighted by atomic mass is 16.1. The second-order valence-corrected chi connectivity index (χ2v) is 3.50. The molecule has 0 saturated heterocycles. The summed E-state index contributed by atoms with van der Waals surface area (Å²) in [4.78, 5) is 11.1. The average Bonchev–Trinajstić information content (AvgIpc) is 2.11. The molecule has 1 aliphatic carbocycles. The van der Waals surface area contributed by atoms with E-state index in [0.717, 1.165) is 6.42 Å². The highest BCUT2D eigenvalue weighted by Crippen LogP contribution is 2.17. The second-order valence-electron chi connectivity index (χ2n) is 3.50. The largest absolute Gasteiger partial charge is 0.350 e. The Balaban J connectivity index is 2.53. The van der Waals surface area contributed by atoms with Crippen molar-refractivity contribution in [1.82, 2.24) is 5.32 Å². The molecular formula is C11H17NO. The predicted octanol–water partition coefficient (Wildman–Crippen LogP) is 2.18. The monoisotopic (exact) mass is 179 g/mol. The number of carbonyl (C=O) groups excluding carboxylic acids is 1. The molecule has 1 amide bonds. The third-order valence-corrected chi connectivity index (χ3v) is 2.42. The third kappa shape index (κ3) is 2.72. The number of amides is 1. The molecule has 1 atom stereocenters. The van der Waals surface area contributed by atoms with E-state index in [1.165, 1.54) is 11.1 Å². The van der Waals surface area contributed by atoms with Crippen LogP contribution in [-0.4, -0.2) is 11.9 Å². The van der Waals surface area contributed by atoms with Gasteiger partial charge >= 0.3 is 0 Å². The lowest BCUT2D eigenvalue weighted by Gasteiger charge is -2.19. The molecule has 0 spiro atoms. The summed E-state index contributed by atoms with van der Waals surface area (Å²) in [5.74, 6) is 0.127. The first-order valence-electron chi connectivity index (χ1n) is 4.78. The lowest BCUT2D eigenvalue weighted by molar-refractivity contribution is -0.121. The standard InChI is InChI=1S/C11H17NO/c1-4-11(13)12-10-6-5-8(2)9(3)7-10/h5,7,10H,4,6H2,1-3H3,(H,12,13). The van der Waals surface area contributed by atoms with Crippen LogP contribution in [0.2, 0.25) is 0 Å². The number of rotatable bonds is 2. The summed E-state index contributed by atoms with van der Waals surface area (Å²) in [5.41, 5.74) is 2.59. The molecule has 0 aromatic heterocycles. The van der Waals surface area contributed by atoms with Gasteiger partial charge in [0.25, 0.3) is 0 Å². The van der Waals surface area contributed by atoms with Gasteiger partial charge in [-0.05, 0) is 20.3 Å². The van der Waals surface area contributed by atoms with E-state index in [1.807, 2.05) is 6.92 Å². The first kappa shape index (κ1) is 10.0. The van der Waals surface area contributed by atoms with Gasteiger partial charge in [0.1, 0.15) is 0 Å². The van der Waals surface area contributed by atoms with Crippen molar-refractivity contribution in [3.8, 4) is 0 Å². The zero-order chi connectivity index (χ0) is 9.84. The number of nitrogens with one attached hydrogen (secondary N) is 1. The van der Waals surface area contributed by atoms with Gasteiger partial charge in [-0.3, -0.25) is 4.79 Å². The minimum Gasteiger partial charge on any atom is -0.350 e. The maximum absolute atomic E-state index is 11.1. The molecule has 1 rings (SSSR count). The Morgan fingerprint density at radius 1 is 1.54 bits per heavy atom. The molecule has 0 aromatic carbocycles. The van der Waals surface area contributed by atoms with Crippen LogP contribution in [-0.2, 0) is 4.79 Å². The van der Waals surface area contributed by atoms with Gasteiger partial charge in [-0.25, -0.2) is 0 Å². The van der Waals surface area contributed by atoms with Crippen molar-refractivity contribution in [2.45, 2.75) is 39.7 Å². The Morgan fingerprint density at radius 2 is 2.23 bits per heavy atom. The van der Waals surface area contributed by atoms with Gasteiger partial charge in [0.2, 0.25) is 5.91 Å². The van der Waals surface area contributed by atoms with Crippen LogP contribution in [0.5, 0.6) is 0 Å². The zero-order valence-corrected chi connectivity index (χ0v) is 8.55. The number of carbonyl (C=O) groups is 1. The molecule has 0 aromatic rings. The highest BCUT2D eigenvalue weighted by molar-refractivity contribution is 5.76. The molecule has 2 heteroatoms. The van der Waals surface area contributed by atoms with Gasteiger partial charge in [-0.15, -0.1) is 0 Å². The van der Waals surface area contributed by atoms with Crippen LogP contribution in [0.1, 0.15) is 33.6 Å². The quantitative estimate of drug-likeness (QED) is 0.691. The van der Waals surface area contributed by atoms with Gasteiger partial charge < -0.3 is 5.32 Å². The minimum absolute atomic E-state index is 0.127. The molecule has 2 nitrogen and oxygen atoms in total. The normalized spacial score (nSPS) is 21.9. The van der Waals surface area contributed by atoms with Crippen molar-refractivity contribution in [2.24, 2.45) is 0 Å². The summed E-state index contributed by atoms with van der Waals surface area (Å²) in [6.07, 6.45) is 5.79. The number of allylic oxidation sites excluding steroid dienone is 2. The summed E-state index contributed by atoms with van der Waals surface area (Å²) < 4.78 is 0. The van der Waals surface area contributed by atoms with E-state index in [-0.39, 0.29) is 11.9 Å². The van der Waals surface area contributed by atoms with Crippen LogP contribution in [0, 0.1) is 0 Å². The van der Waals surface area contributed by atoms with Gasteiger partial charge in [0, 0.05) is 6.42 Å². The second kappa shape index (κ2) is 4.26. The fraction of sp³-hybridized carbons (Fsp3) is 0.545. The van der Waals surface area contributed by atoms with Gasteiger partial charge in [0.05, 0.1) is 6.04 Å². The predicted molar refractivity (Wildman–Crippen MR) is 54.4 cm³/mol. The van der Waals surface area contributed by atoms with E-state index in [2.05, 4.69) is 31.3 Å².